The van der Waals surface area contributed by atoms with E-state index in [9.17, 15) is 4.79 Å². The molecule has 3 aromatic heterocycles. The van der Waals surface area contributed by atoms with Gasteiger partial charge in [-0.05, 0) is 30.9 Å². The SMILES string of the molecule is Cc1csc(C(=O)NCc2nc(-c3cc(C)on3)no2)c1. The van der Waals surface area contributed by atoms with Crippen LogP contribution in [0.15, 0.2) is 26.6 Å². The standard InChI is InChI=1S/C13H12N4O3S/c1-7-3-10(21-6-7)13(18)14-5-11-15-12(17-20-11)9-4-8(2)19-16-9/h3-4,6H,5H2,1-2H3,(H,14,18). The average molecular weight is 304 g/mol. The number of aromatic nitrogens is 3. The Bertz CT molecular complexity index is 774. The quantitative estimate of drug-likeness (QED) is 0.795. The van der Waals surface area contributed by atoms with E-state index in [2.05, 4.69) is 20.6 Å². The molecule has 0 atom stereocenters. The maximum atomic E-state index is 11.9. The number of carbonyl (C=O) groups is 1. The minimum Gasteiger partial charge on any atom is -0.361 e. The van der Waals surface area contributed by atoms with Crippen molar-refractivity contribution >= 4 is 17.2 Å². The number of carbonyl (C=O) groups excluding carboxylic acids is 1. The highest BCUT2D eigenvalue weighted by Gasteiger charge is 2.14. The summed E-state index contributed by atoms with van der Waals surface area (Å²) >= 11 is 1.40. The van der Waals surface area contributed by atoms with E-state index in [-0.39, 0.29) is 12.5 Å². The van der Waals surface area contributed by atoms with Crippen LogP contribution in [0.1, 0.15) is 26.9 Å². The monoisotopic (exact) mass is 304 g/mol. The Morgan fingerprint density at radius 1 is 1.29 bits per heavy atom. The number of rotatable bonds is 4. The van der Waals surface area contributed by atoms with Gasteiger partial charge in [0, 0.05) is 6.07 Å². The summed E-state index contributed by atoms with van der Waals surface area (Å²) in [5.74, 6) is 1.15. The van der Waals surface area contributed by atoms with Crippen molar-refractivity contribution in [3.8, 4) is 11.5 Å². The number of aryl methyl sites for hydroxylation is 2. The highest BCUT2D eigenvalue weighted by molar-refractivity contribution is 7.12. The maximum Gasteiger partial charge on any atom is 0.261 e. The van der Waals surface area contributed by atoms with Crippen molar-refractivity contribution in [2.24, 2.45) is 0 Å². The summed E-state index contributed by atoms with van der Waals surface area (Å²) in [5, 5.41) is 12.2. The lowest BCUT2D eigenvalue weighted by Gasteiger charge is -1.98. The van der Waals surface area contributed by atoms with Gasteiger partial charge in [-0.2, -0.15) is 4.98 Å². The topological polar surface area (TPSA) is 94.1 Å². The summed E-state index contributed by atoms with van der Waals surface area (Å²) in [6.45, 7) is 3.89. The maximum absolute atomic E-state index is 11.9. The lowest BCUT2D eigenvalue weighted by molar-refractivity contribution is 0.0950. The average Bonchev–Trinajstić information content (AvgIpc) is 3.16. The van der Waals surface area contributed by atoms with Crippen molar-refractivity contribution in [2.75, 3.05) is 0 Å². The molecule has 108 valence electrons. The molecule has 0 fully saturated rings. The van der Waals surface area contributed by atoms with E-state index in [4.69, 9.17) is 9.05 Å². The van der Waals surface area contributed by atoms with Crippen LogP contribution in [0.2, 0.25) is 0 Å². The van der Waals surface area contributed by atoms with E-state index >= 15 is 0 Å². The molecule has 1 amide bonds. The fourth-order valence-corrected chi connectivity index (χ4v) is 2.51. The van der Waals surface area contributed by atoms with Crippen molar-refractivity contribution in [1.29, 1.82) is 0 Å². The molecular formula is C13H12N4O3S. The third-order valence-electron chi connectivity index (χ3n) is 2.68. The van der Waals surface area contributed by atoms with E-state index < -0.39 is 0 Å². The number of nitrogens with zero attached hydrogens (tertiary/aromatic N) is 3. The minimum atomic E-state index is -0.162. The van der Waals surface area contributed by atoms with E-state index in [1.807, 2.05) is 18.4 Å². The summed E-state index contributed by atoms with van der Waals surface area (Å²) in [7, 11) is 0. The molecule has 3 rings (SSSR count). The fourth-order valence-electron chi connectivity index (χ4n) is 1.70. The van der Waals surface area contributed by atoms with E-state index in [0.717, 1.165) is 5.56 Å². The van der Waals surface area contributed by atoms with Gasteiger partial charge in [-0.25, -0.2) is 0 Å². The first-order valence-electron chi connectivity index (χ1n) is 6.21. The van der Waals surface area contributed by atoms with Gasteiger partial charge in [0.1, 0.15) is 5.76 Å². The van der Waals surface area contributed by atoms with Crippen LogP contribution in [0.3, 0.4) is 0 Å². The molecule has 21 heavy (non-hydrogen) atoms. The molecule has 1 N–H and O–H groups in total. The molecule has 0 spiro atoms. The molecule has 0 aliphatic heterocycles. The molecule has 7 nitrogen and oxygen atoms in total. The molecule has 0 aliphatic carbocycles. The lowest BCUT2D eigenvalue weighted by Crippen LogP contribution is -2.21. The Morgan fingerprint density at radius 3 is 2.81 bits per heavy atom. The molecule has 8 heteroatoms. The van der Waals surface area contributed by atoms with Gasteiger partial charge < -0.3 is 14.4 Å². The molecule has 0 saturated carbocycles. The van der Waals surface area contributed by atoms with Crippen LogP contribution >= 0.6 is 11.3 Å². The largest absolute Gasteiger partial charge is 0.361 e. The zero-order chi connectivity index (χ0) is 14.8. The van der Waals surface area contributed by atoms with E-state index in [1.54, 1.807) is 13.0 Å². The Labute approximate surface area is 124 Å². The predicted molar refractivity (Wildman–Crippen MR) is 74.8 cm³/mol. The van der Waals surface area contributed by atoms with Crippen molar-refractivity contribution in [3.05, 3.63) is 39.6 Å². The first-order valence-corrected chi connectivity index (χ1v) is 7.09. The van der Waals surface area contributed by atoms with Gasteiger partial charge in [-0.1, -0.05) is 10.3 Å². The number of thiophene rings is 1. The third-order valence-corrected chi connectivity index (χ3v) is 3.73. The van der Waals surface area contributed by atoms with Crippen LogP contribution in [0.4, 0.5) is 0 Å². The van der Waals surface area contributed by atoms with Gasteiger partial charge in [-0.3, -0.25) is 4.79 Å². The smallest absolute Gasteiger partial charge is 0.261 e. The first kappa shape index (κ1) is 13.5. The van der Waals surface area contributed by atoms with E-state index in [1.165, 1.54) is 11.3 Å². The summed E-state index contributed by atoms with van der Waals surface area (Å²) in [4.78, 5) is 16.7. The summed E-state index contributed by atoms with van der Waals surface area (Å²) in [5.41, 5.74) is 1.56. The molecule has 0 bridgehead atoms. The second-order valence-electron chi connectivity index (χ2n) is 4.51. The Balaban J connectivity index is 1.64. The zero-order valence-corrected chi connectivity index (χ0v) is 12.2. The number of hydrogen-bond acceptors (Lipinski definition) is 7. The number of amides is 1. The van der Waals surface area contributed by atoms with Gasteiger partial charge >= 0.3 is 0 Å². The minimum absolute atomic E-state index is 0.162. The van der Waals surface area contributed by atoms with Gasteiger partial charge in [0.25, 0.3) is 5.91 Å². The Morgan fingerprint density at radius 2 is 2.14 bits per heavy atom. The molecule has 0 unspecified atom stereocenters. The van der Waals surface area contributed by atoms with Crippen molar-refractivity contribution in [1.82, 2.24) is 20.6 Å². The van der Waals surface area contributed by atoms with Gasteiger partial charge in [-0.15, -0.1) is 11.3 Å². The predicted octanol–water partition coefficient (Wildman–Crippen LogP) is 2.33. The summed E-state index contributed by atoms with van der Waals surface area (Å²) in [6.07, 6.45) is 0. The molecule has 0 aliphatic rings. The van der Waals surface area contributed by atoms with Gasteiger partial charge in [0.05, 0.1) is 11.4 Å². The van der Waals surface area contributed by atoms with Crippen LogP contribution in [0.25, 0.3) is 11.5 Å². The molecule has 3 aromatic rings. The van der Waals surface area contributed by atoms with E-state index in [0.29, 0.717) is 28.0 Å². The number of hydrogen-bond donors (Lipinski definition) is 1. The van der Waals surface area contributed by atoms with Gasteiger partial charge in [0.15, 0.2) is 5.69 Å². The molecule has 0 radical (unpaired) electrons. The van der Waals surface area contributed by atoms with Crippen molar-refractivity contribution in [3.63, 3.8) is 0 Å². The normalized spacial score (nSPS) is 10.8. The summed E-state index contributed by atoms with van der Waals surface area (Å²) < 4.78 is 10.0. The van der Waals surface area contributed by atoms with Crippen LogP contribution < -0.4 is 5.32 Å². The van der Waals surface area contributed by atoms with Crippen LogP contribution in [0.5, 0.6) is 0 Å². The van der Waals surface area contributed by atoms with Gasteiger partial charge in [0.2, 0.25) is 11.7 Å². The highest BCUT2D eigenvalue weighted by atomic mass is 32.1. The lowest BCUT2D eigenvalue weighted by atomic mass is 10.3. The van der Waals surface area contributed by atoms with Crippen LogP contribution in [-0.4, -0.2) is 21.2 Å². The second kappa shape index (κ2) is 5.49. The van der Waals surface area contributed by atoms with Crippen LogP contribution in [0, 0.1) is 13.8 Å². The van der Waals surface area contributed by atoms with Crippen molar-refractivity contribution < 1.29 is 13.8 Å². The molecule has 0 aromatic carbocycles. The second-order valence-corrected chi connectivity index (χ2v) is 5.42. The molecule has 0 saturated heterocycles. The highest BCUT2D eigenvalue weighted by Crippen LogP contribution is 2.16. The summed E-state index contributed by atoms with van der Waals surface area (Å²) in [6, 6.07) is 3.54. The third kappa shape index (κ3) is 3.00. The fraction of sp³-hybridized carbons (Fsp3) is 0.231. The van der Waals surface area contributed by atoms with Crippen molar-refractivity contribution in [2.45, 2.75) is 20.4 Å². The molecular weight excluding hydrogens is 292 g/mol. The molecule has 3 heterocycles. The zero-order valence-electron chi connectivity index (χ0n) is 11.4. The van der Waals surface area contributed by atoms with Crippen LogP contribution in [-0.2, 0) is 6.54 Å². The Kier molecular flexibility index (Phi) is 3.53. The first-order chi connectivity index (χ1) is 10.1. The number of nitrogens with one attached hydrogen (secondary N) is 1. The Hall–Kier alpha value is -2.48.